The number of carbonyl (C=O) groups is 1. The van der Waals surface area contributed by atoms with Gasteiger partial charge in [-0.05, 0) is 42.5 Å². The Kier molecular flexibility index (Phi) is 5.77. The zero-order valence-electron chi connectivity index (χ0n) is 17.9. The third-order valence-electron chi connectivity index (χ3n) is 5.62. The number of carboxylic acid groups (broad SMARTS) is 1. The first-order valence-electron chi connectivity index (χ1n) is 10.8. The molecular formula is C24H23N7O2. The summed E-state index contributed by atoms with van der Waals surface area (Å²) in [6.45, 7) is 4.07. The highest BCUT2D eigenvalue weighted by molar-refractivity contribution is 5.91. The van der Waals surface area contributed by atoms with E-state index in [1.807, 2.05) is 30.3 Å². The summed E-state index contributed by atoms with van der Waals surface area (Å²) < 4.78 is 0. The van der Waals surface area contributed by atoms with Crippen LogP contribution in [0.4, 0.5) is 17.5 Å². The van der Waals surface area contributed by atoms with Crippen molar-refractivity contribution in [1.29, 1.82) is 0 Å². The molecule has 0 radical (unpaired) electrons. The molecule has 0 unspecified atom stereocenters. The summed E-state index contributed by atoms with van der Waals surface area (Å²) >= 11 is 0. The summed E-state index contributed by atoms with van der Waals surface area (Å²) in [6.07, 6.45) is 3.53. The number of nitrogens with one attached hydrogen (secondary N) is 1. The van der Waals surface area contributed by atoms with Crippen LogP contribution >= 0.6 is 0 Å². The first kappa shape index (κ1) is 20.8. The molecule has 0 aliphatic carbocycles. The second-order valence-corrected chi connectivity index (χ2v) is 7.83. The molecule has 1 aliphatic heterocycles. The van der Waals surface area contributed by atoms with E-state index in [0.717, 1.165) is 54.5 Å². The molecule has 0 amide bonds. The van der Waals surface area contributed by atoms with Gasteiger partial charge in [0.25, 0.3) is 0 Å². The summed E-state index contributed by atoms with van der Waals surface area (Å²) in [7, 11) is 0. The van der Waals surface area contributed by atoms with E-state index in [9.17, 15) is 4.79 Å². The highest BCUT2D eigenvalue weighted by Gasteiger charge is 2.20. The molecule has 0 saturated carbocycles. The number of aromatic carboxylic acids is 1. The van der Waals surface area contributed by atoms with Crippen LogP contribution in [0.3, 0.4) is 0 Å². The summed E-state index contributed by atoms with van der Waals surface area (Å²) in [5.41, 5.74) is 1.88. The fourth-order valence-corrected chi connectivity index (χ4v) is 3.88. The number of fused-ring (bicyclic) bond motifs is 1. The van der Waals surface area contributed by atoms with Crippen LogP contribution in [0.5, 0.6) is 0 Å². The van der Waals surface area contributed by atoms with Gasteiger partial charge in [-0.15, -0.1) is 0 Å². The average Bonchev–Trinajstić information content (AvgIpc) is 2.85. The van der Waals surface area contributed by atoms with Crippen LogP contribution in [0.1, 0.15) is 16.2 Å². The van der Waals surface area contributed by atoms with Crippen LogP contribution in [0, 0.1) is 0 Å². The van der Waals surface area contributed by atoms with Gasteiger partial charge in [0.05, 0.1) is 17.6 Å². The Balaban J connectivity index is 1.33. The van der Waals surface area contributed by atoms with Crippen molar-refractivity contribution in [3.63, 3.8) is 0 Å². The molecule has 1 saturated heterocycles. The van der Waals surface area contributed by atoms with Crippen molar-refractivity contribution in [2.75, 3.05) is 36.4 Å². The van der Waals surface area contributed by atoms with Gasteiger partial charge in [0.2, 0.25) is 5.95 Å². The first-order valence-corrected chi connectivity index (χ1v) is 10.8. The van der Waals surface area contributed by atoms with Crippen LogP contribution < -0.4 is 10.2 Å². The van der Waals surface area contributed by atoms with Gasteiger partial charge < -0.3 is 15.3 Å². The van der Waals surface area contributed by atoms with E-state index < -0.39 is 5.97 Å². The minimum Gasteiger partial charge on any atom is -0.478 e. The topological polar surface area (TPSA) is 107 Å². The fraction of sp³-hybridized carbons (Fsp3) is 0.208. The fourth-order valence-electron chi connectivity index (χ4n) is 3.88. The first-order chi connectivity index (χ1) is 16.2. The van der Waals surface area contributed by atoms with E-state index in [4.69, 9.17) is 15.1 Å². The lowest BCUT2D eigenvalue weighted by atomic mass is 10.2. The maximum absolute atomic E-state index is 11.1. The van der Waals surface area contributed by atoms with Crippen molar-refractivity contribution in [1.82, 2.24) is 24.8 Å². The minimum absolute atomic E-state index is 0.244. The molecule has 1 aliphatic rings. The summed E-state index contributed by atoms with van der Waals surface area (Å²) in [5, 5.41) is 13.4. The minimum atomic E-state index is -0.949. The SMILES string of the molecule is O=C(O)c1ccc(Nc2nc(CN3CCN(c4ncccn4)CC3)nc3ccccc23)cc1. The molecule has 2 N–H and O–H groups in total. The van der Waals surface area contributed by atoms with Gasteiger partial charge in [0, 0.05) is 49.6 Å². The molecule has 5 rings (SSSR count). The van der Waals surface area contributed by atoms with Gasteiger partial charge in [-0.25, -0.2) is 24.7 Å². The molecule has 9 heteroatoms. The van der Waals surface area contributed by atoms with E-state index in [2.05, 4.69) is 25.1 Å². The van der Waals surface area contributed by atoms with Gasteiger partial charge in [0.15, 0.2) is 0 Å². The van der Waals surface area contributed by atoms with Crippen molar-refractivity contribution in [2.45, 2.75) is 6.54 Å². The van der Waals surface area contributed by atoms with Gasteiger partial charge in [-0.2, -0.15) is 0 Å². The second-order valence-electron chi connectivity index (χ2n) is 7.83. The van der Waals surface area contributed by atoms with Crippen molar-refractivity contribution in [3.8, 4) is 0 Å². The van der Waals surface area contributed by atoms with Crippen LogP contribution in [0.2, 0.25) is 0 Å². The van der Waals surface area contributed by atoms with Crippen molar-refractivity contribution in [3.05, 3.63) is 78.4 Å². The van der Waals surface area contributed by atoms with Crippen LogP contribution in [0.25, 0.3) is 10.9 Å². The zero-order chi connectivity index (χ0) is 22.6. The summed E-state index contributed by atoms with van der Waals surface area (Å²) in [5.74, 6) is 1.26. The standard InChI is InChI=1S/C24H23N7O2/c32-23(33)17-6-8-18(9-7-17)27-22-19-4-1-2-5-20(19)28-21(29-22)16-30-12-14-31(15-13-30)24-25-10-3-11-26-24/h1-11H,12-16H2,(H,32,33)(H,27,28,29). The third kappa shape index (κ3) is 4.73. The molecule has 33 heavy (non-hydrogen) atoms. The number of hydrogen-bond donors (Lipinski definition) is 2. The van der Waals surface area contributed by atoms with E-state index in [-0.39, 0.29) is 5.56 Å². The Labute approximate surface area is 190 Å². The number of para-hydroxylation sites is 1. The molecule has 1 fully saturated rings. The van der Waals surface area contributed by atoms with Gasteiger partial charge >= 0.3 is 5.97 Å². The second kappa shape index (κ2) is 9.17. The van der Waals surface area contributed by atoms with Crippen LogP contribution in [0.15, 0.2) is 67.0 Å². The lowest BCUT2D eigenvalue weighted by molar-refractivity contribution is 0.0697. The highest BCUT2D eigenvalue weighted by atomic mass is 16.4. The molecule has 166 valence electrons. The van der Waals surface area contributed by atoms with Crippen molar-refractivity contribution < 1.29 is 9.90 Å². The largest absolute Gasteiger partial charge is 0.478 e. The smallest absolute Gasteiger partial charge is 0.335 e. The predicted molar refractivity (Wildman–Crippen MR) is 126 cm³/mol. The molecule has 4 aromatic rings. The van der Waals surface area contributed by atoms with Gasteiger partial charge in [-0.1, -0.05) is 12.1 Å². The number of rotatable bonds is 6. The lowest BCUT2D eigenvalue weighted by Crippen LogP contribution is -2.46. The number of piperazine rings is 1. The number of benzene rings is 2. The molecular weight excluding hydrogens is 418 g/mol. The third-order valence-corrected chi connectivity index (χ3v) is 5.62. The maximum atomic E-state index is 11.1. The number of carboxylic acids is 1. The highest BCUT2D eigenvalue weighted by Crippen LogP contribution is 2.25. The molecule has 3 heterocycles. The Morgan fingerprint density at radius 2 is 1.64 bits per heavy atom. The van der Waals surface area contributed by atoms with Gasteiger partial charge in [0.1, 0.15) is 11.6 Å². The molecule has 0 spiro atoms. The maximum Gasteiger partial charge on any atom is 0.335 e. The molecule has 2 aromatic heterocycles. The van der Waals surface area contributed by atoms with Crippen LogP contribution in [-0.2, 0) is 6.54 Å². The van der Waals surface area contributed by atoms with E-state index in [1.54, 1.807) is 36.7 Å². The quantitative estimate of drug-likeness (QED) is 0.466. The predicted octanol–water partition coefficient (Wildman–Crippen LogP) is 3.18. The van der Waals surface area contributed by atoms with E-state index in [0.29, 0.717) is 12.4 Å². The molecule has 9 nitrogen and oxygen atoms in total. The van der Waals surface area contributed by atoms with Crippen molar-refractivity contribution >= 4 is 34.3 Å². The average molecular weight is 441 g/mol. The Morgan fingerprint density at radius 1 is 0.909 bits per heavy atom. The normalized spacial score (nSPS) is 14.4. The number of nitrogens with zero attached hydrogens (tertiary/aromatic N) is 6. The van der Waals surface area contributed by atoms with Gasteiger partial charge in [-0.3, -0.25) is 4.90 Å². The number of anilines is 3. The Bertz CT molecular complexity index is 1260. The van der Waals surface area contributed by atoms with Crippen molar-refractivity contribution in [2.24, 2.45) is 0 Å². The Hall–Kier alpha value is -4.11. The molecule has 0 atom stereocenters. The van der Waals surface area contributed by atoms with E-state index in [1.165, 1.54) is 0 Å². The van der Waals surface area contributed by atoms with Crippen LogP contribution in [-0.4, -0.2) is 62.1 Å². The monoisotopic (exact) mass is 441 g/mol. The Morgan fingerprint density at radius 3 is 2.36 bits per heavy atom. The molecule has 0 bridgehead atoms. The zero-order valence-corrected chi connectivity index (χ0v) is 17.9. The lowest BCUT2D eigenvalue weighted by Gasteiger charge is -2.34. The summed E-state index contributed by atoms with van der Waals surface area (Å²) in [6, 6.07) is 16.3. The number of aromatic nitrogens is 4. The number of hydrogen-bond acceptors (Lipinski definition) is 8. The summed E-state index contributed by atoms with van der Waals surface area (Å²) in [4.78, 5) is 33.9. The van der Waals surface area contributed by atoms with E-state index >= 15 is 0 Å². The molecule has 2 aromatic carbocycles.